The number of carbonyl (C=O) groups is 1. The van der Waals surface area contributed by atoms with Crippen molar-refractivity contribution in [2.75, 3.05) is 26.1 Å². The van der Waals surface area contributed by atoms with E-state index in [4.69, 9.17) is 15.6 Å². The summed E-state index contributed by atoms with van der Waals surface area (Å²) in [4.78, 5) is 11.9. The number of rotatable bonds is 6. The van der Waals surface area contributed by atoms with Crippen LogP contribution < -0.4 is 11.1 Å². The van der Waals surface area contributed by atoms with Crippen molar-refractivity contribution in [1.29, 1.82) is 0 Å². The highest BCUT2D eigenvalue weighted by Gasteiger charge is 2.30. The molecule has 1 aliphatic rings. The molecule has 0 spiro atoms. The average molecular weight is 254 g/mol. The minimum atomic E-state index is -0.456. The SMILES string of the molecule is COCC(CO)NC(=O)c1n[nH]c(C2CC2)c1N. The van der Waals surface area contributed by atoms with Crippen LogP contribution in [-0.2, 0) is 4.74 Å². The summed E-state index contributed by atoms with van der Waals surface area (Å²) in [6, 6.07) is -0.456. The van der Waals surface area contributed by atoms with Gasteiger partial charge in [0.05, 0.1) is 30.6 Å². The fourth-order valence-electron chi connectivity index (χ4n) is 1.82. The van der Waals surface area contributed by atoms with Crippen LogP contribution >= 0.6 is 0 Å². The first kappa shape index (κ1) is 12.8. The van der Waals surface area contributed by atoms with E-state index in [1.807, 2.05) is 0 Å². The number of anilines is 1. The number of aliphatic hydroxyl groups is 1. The van der Waals surface area contributed by atoms with Crippen LogP contribution in [0.2, 0.25) is 0 Å². The molecule has 2 rings (SSSR count). The van der Waals surface area contributed by atoms with E-state index in [0.717, 1.165) is 18.5 Å². The molecular formula is C11H18N4O3. The number of aromatic amines is 1. The number of carbonyl (C=O) groups excluding carboxylic acids is 1. The van der Waals surface area contributed by atoms with Crippen LogP contribution in [0.25, 0.3) is 0 Å². The largest absolute Gasteiger partial charge is 0.395 e. The van der Waals surface area contributed by atoms with Crippen molar-refractivity contribution in [2.45, 2.75) is 24.8 Å². The first-order valence-corrected chi connectivity index (χ1v) is 5.91. The van der Waals surface area contributed by atoms with Crippen molar-refractivity contribution in [2.24, 2.45) is 0 Å². The summed E-state index contributed by atoms with van der Waals surface area (Å²) in [6.45, 7) is 0.0431. The summed E-state index contributed by atoms with van der Waals surface area (Å²) in [7, 11) is 1.50. The maximum absolute atomic E-state index is 11.9. The monoisotopic (exact) mass is 254 g/mol. The number of nitrogen functional groups attached to an aromatic ring is 1. The molecule has 18 heavy (non-hydrogen) atoms. The molecule has 1 saturated carbocycles. The van der Waals surface area contributed by atoms with Gasteiger partial charge >= 0.3 is 0 Å². The molecule has 7 heteroatoms. The van der Waals surface area contributed by atoms with E-state index in [-0.39, 0.29) is 18.9 Å². The third-order valence-corrected chi connectivity index (χ3v) is 2.96. The Morgan fingerprint density at radius 3 is 3.00 bits per heavy atom. The summed E-state index contributed by atoms with van der Waals surface area (Å²) < 4.78 is 4.88. The predicted octanol–water partition coefficient (Wildman–Crippen LogP) is -0.394. The van der Waals surface area contributed by atoms with Crippen molar-refractivity contribution < 1.29 is 14.6 Å². The van der Waals surface area contributed by atoms with E-state index in [1.165, 1.54) is 7.11 Å². The second-order valence-electron chi connectivity index (χ2n) is 4.48. The number of nitrogens with two attached hydrogens (primary N) is 1. The lowest BCUT2D eigenvalue weighted by Gasteiger charge is -2.14. The lowest BCUT2D eigenvalue weighted by Crippen LogP contribution is -2.41. The van der Waals surface area contributed by atoms with Gasteiger partial charge in [0.15, 0.2) is 5.69 Å². The molecule has 1 heterocycles. The van der Waals surface area contributed by atoms with Crippen LogP contribution in [0.4, 0.5) is 5.69 Å². The number of ether oxygens (including phenoxy) is 1. The number of H-pyrrole nitrogens is 1. The van der Waals surface area contributed by atoms with Gasteiger partial charge in [0.25, 0.3) is 5.91 Å². The Balaban J connectivity index is 2.04. The quantitative estimate of drug-likeness (QED) is 0.552. The second-order valence-corrected chi connectivity index (χ2v) is 4.48. The molecule has 0 saturated heterocycles. The maximum atomic E-state index is 11.9. The minimum Gasteiger partial charge on any atom is -0.395 e. The van der Waals surface area contributed by atoms with Crippen LogP contribution in [0.15, 0.2) is 0 Å². The molecule has 0 aliphatic heterocycles. The first-order chi connectivity index (χ1) is 8.67. The van der Waals surface area contributed by atoms with Crippen molar-refractivity contribution in [3.63, 3.8) is 0 Å². The highest BCUT2D eigenvalue weighted by Crippen LogP contribution is 2.42. The first-order valence-electron chi connectivity index (χ1n) is 5.91. The average Bonchev–Trinajstić information content (AvgIpc) is 3.12. The molecule has 1 aliphatic carbocycles. The van der Waals surface area contributed by atoms with Crippen molar-refractivity contribution in [1.82, 2.24) is 15.5 Å². The Bertz CT molecular complexity index is 428. The van der Waals surface area contributed by atoms with Crippen LogP contribution in [0.3, 0.4) is 0 Å². The van der Waals surface area contributed by atoms with Crippen molar-refractivity contribution in [3.8, 4) is 0 Å². The molecule has 1 fully saturated rings. The van der Waals surface area contributed by atoms with Crippen LogP contribution in [-0.4, -0.2) is 47.6 Å². The Hall–Kier alpha value is -1.60. The summed E-state index contributed by atoms with van der Waals surface area (Å²) in [5, 5.41) is 18.4. The van der Waals surface area contributed by atoms with E-state index in [1.54, 1.807) is 0 Å². The van der Waals surface area contributed by atoms with Crippen LogP contribution in [0, 0.1) is 0 Å². The van der Waals surface area contributed by atoms with E-state index in [2.05, 4.69) is 15.5 Å². The zero-order chi connectivity index (χ0) is 13.1. The number of nitrogens with one attached hydrogen (secondary N) is 2. The van der Waals surface area contributed by atoms with Crippen LogP contribution in [0.5, 0.6) is 0 Å². The minimum absolute atomic E-state index is 0.187. The number of methoxy groups -OCH3 is 1. The number of hydrogen-bond acceptors (Lipinski definition) is 5. The number of nitrogens with zero attached hydrogens (tertiary/aromatic N) is 1. The number of aromatic nitrogens is 2. The van der Waals surface area contributed by atoms with Gasteiger partial charge in [0.2, 0.25) is 0 Å². The van der Waals surface area contributed by atoms with Gasteiger partial charge in [-0.3, -0.25) is 9.89 Å². The van der Waals surface area contributed by atoms with Gasteiger partial charge < -0.3 is 20.9 Å². The normalized spacial score (nSPS) is 16.6. The molecule has 100 valence electrons. The van der Waals surface area contributed by atoms with Crippen molar-refractivity contribution >= 4 is 11.6 Å². The highest BCUT2D eigenvalue weighted by atomic mass is 16.5. The lowest BCUT2D eigenvalue weighted by atomic mass is 10.2. The third-order valence-electron chi connectivity index (χ3n) is 2.96. The second kappa shape index (κ2) is 5.36. The highest BCUT2D eigenvalue weighted by molar-refractivity contribution is 5.97. The molecular weight excluding hydrogens is 236 g/mol. The Kier molecular flexibility index (Phi) is 3.83. The fourth-order valence-corrected chi connectivity index (χ4v) is 1.82. The molecule has 1 amide bonds. The number of amides is 1. The zero-order valence-corrected chi connectivity index (χ0v) is 10.3. The fraction of sp³-hybridized carbons (Fsp3) is 0.636. The molecule has 1 atom stereocenters. The van der Waals surface area contributed by atoms with Gasteiger partial charge in [0.1, 0.15) is 0 Å². The summed E-state index contributed by atoms with van der Waals surface area (Å²) >= 11 is 0. The molecule has 5 N–H and O–H groups in total. The van der Waals surface area contributed by atoms with Crippen LogP contribution in [0.1, 0.15) is 34.9 Å². The zero-order valence-electron chi connectivity index (χ0n) is 10.3. The number of hydrogen-bond donors (Lipinski definition) is 4. The third kappa shape index (κ3) is 2.62. The standard InChI is InChI=1S/C11H18N4O3/c1-18-5-7(4-16)13-11(17)10-8(12)9(14-15-10)6-2-3-6/h6-7,16H,2-5,12H2,1H3,(H,13,17)(H,14,15). The van der Waals surface area contributed by atoms with E-state index >= 15 is 0 Å². The molecule has 0 bridgehead atoms. The van der Waals surface area contributed by atoms with E-state index in [9.17, 15) is 4.79 Å². The smallest absolute Gasteiger partial charge is 0.274 e. The summed E-state index contributed by atoms with van der Waals surface area (Å²) in [5.41, 5.74) is 7.32. The predicted molar refractivity (Wildman–Crippen MR) is 65.2 cm³/mol. The Morgan fingerprint density at radius 2 is 2.44 bits per heavy atom. The van der Waals surface area contributed by atoms with Gasteiger partial charge in [-0.05, 0) is 12.8 Å². The summed E-state index contributed by atoms with van der Waals surface area (Å²) in [5.74, 6) is 0.0124. The van der Waals surface area contributed by atoms with Gasteiger partial charge in [-0.25, -0.2) is 0 Å². The number of aliphatic hydroxyl groups excluding tert-OH is 1. The molecule has 0 aromatic carbocycles. The van der Waals surface area contributed by atoms with E-state index in [0.29, 0.717) is 11.6 Å². The summed E-state index contributed by atoms with van der Waals surface area (Å²) in [6.07, 6.45) is 2.16. The molecule has 1 aromatic rings. The maximum Gasteiger partial charge on any atom is 0.274 e. The molecule has 1 aromatic heterocycles. The molecule has 1 unspecified atom stereocenters. The van der Waals surface area contributed by atoms with Crippen molar-refractivity contribution in [3.05, 3.63) is 11.4 Å². The Morgan fingerprint density at radius 1 is 1.72 bits per heavy atom. The van der Waals surface area contributed by atoms with Gasteiger partial charge in [-0.1, -0.05) is 0 Å². The van der Waals surface area contributed by atoms with E-state index < -0.39 is 11.9 Å². The van der Waals surface area contributed by atoms with Gasteiger partial charge in [-0.2, -0.15) is 5.10 Å². The van der Waals surface area contributed by atoms with Gasteiger partial charge in [-0.15, -0.1) is 0 Å². The molecule has 0 radical (unpaired) electrons. The lowest BCUT2D eigenvalue weighted by molar-refractivity contribution is 0.0836. The molecule has 7 nitrogen and oxygen atoms in total. The topological polar surface area (TPSA) is 113 Å². The Labute approximate surface area is 105 Å². The van der Waals surface area contributed by atoms with Gasteiger partial charge in [0, 0.05) is 13.0 Å².